The summed E-state index contributed by atoms with van der Waals surface area (Å²) in [5.41, 5.74) is 1.34. The summed E-state index contributed by atoms with van der Waals surface area (Å²) in [4.78, 5) is 13.0. The molecule has 1 amide bonds. The zero-order valence-electron chi connectivity index (χ0n) is 18.7. The van der Waals surface area contributed by atoms with Crippen LogP contribution in [0.15, 0.2) is 133 Å². The van der Waals surface area contributed by atoms with E-state index in [1.54, 1.807) is 0 Å². The Labute approximate surface area is 206 Å². The van der Waals surface area contributed by atoms with E-state index >= 15 is 0 Å². The number of benzene rings is 4. The fourth-order valence-electron chi connectivity index (χ4n) is 3.75. The summed E-state index contributed by atoms with van der Waals surface area (Å²) in [5.74, 6) is -0.146. The van der Waals surface area contributed by atoms with Crippen LogP contribution in [0.1, 0.15) is 10.4 Å². The van der Waals surface area contributed by atoms with Gasteiger partial charge in [0.15, 0.2) is 12.7 Å². The Hall–Kier alpha value is -3.35. The van der Waals surface area contributed by atoms with Crippen LogP contribution >= 0.6 is 7.26 Å². The van der Waals surface area contributed by atoms with Crippen molar-refractivity contribution in [1.29, 1.82) is 0 Å². The summed E-state index contributed by atoms with van der Waals surface area (Å²) in [6.07, 6.45) is 0. The molecule has 2 N–H and O–H groups in total. The van der Waals surface area contributed by atoms with Crippen LogP contribution in [0.3, 0.4) is 0 Å². The van der Waals surface area contributed by atoms with Crippen molar-refractivity contribution >= 4 is 29.1 Å². The Morgan fingerprint density at radius 2 is 0.943 bits per heavy atom. The molecule has 0 atom stereocenters. The third-order valence-corrected chi connectivity index (χ3v) is 9.27. The van der Waals surface area contributed by atoms with Crippen molar-refractivity contribution in [3.05, 3.63) is 139 Å². The van der Waals surface area contributed by atoms with Gasteiger partial charge in [-0.3, -0.25) is 10.1 Å². The van der Waals surface area contributed by atoms with Gasteiger partial charge in [0.1, 0.15) is 15.9 Å². The Balaban J connectivity index is 0.000000623. The highest BCUT2D eigenvalue weighted by Crippen LogP contribution is 2.60. The van der Waals surface area contributed by atoms with Crippen molar-refractivity contribution in [3.63, 3.8) is 0 Å². The van der Waals surface area contributed by atoms with E-state index in [1.807, 2.05) is 84.9 Å². The minimum Gasteiger partial charge on any atom is -0.292 e. The minimum absolute atomic E-state index is 0.146. The van der Waals surface area contributed by atoms with E-state index in [-0.39, 0.29) is 5.91 Å². The summed E-state index contributed by atoms with van der Waals surface area (Å²) in [7, 11) is -7.04. The van der Waals surface area contributed by atoms with Gasteiger partial charge in [0, 0.05) is 5.56 Å². The molecule has 8 heteroatoms. The molecule has 0 saturated carbocycles. The molecule has 0 radical (unpaired) electrons. The first-order valence-electron chi connectivity index (χ1n) is 10.5. The molecule has 4 aromatic rings. The second-order valence-electron chi connectivity index (χ2n) is 7.34. The topological polar surface area (TPSA) is 119 Å². The van der Waals surface area contributed by atoms with Crippen LogP contribution in [0.4, 0.5) is 0 Å². The molecule has 0 unspecified atom stereocenters. The Kier molecular flexibility index (Phi) is 8.90. The summed E-state index contributed by atoms with van der Waals surface area (Å²) < 4.78 is 32.7. The van der Waals surface area contributed by atoms with Gasteiger partial charge in [0.2, 0.25) is 0 Å². The standard InChI is InChI=1S/C27H22NOP.ClHO4/c1-22(28-27(29)23-14-6-2-7-15-23)30(24-16-8-3-9-17-24,25-18-10-4-11-19-25)26-20-12-5-13-21-26;2-1(3,4)5/h2-21H,1H2;(H,2,3,4,5)/p+1. The molecule has 0 aliphatic carbocycles. The van der Waals surface area contributed by atoms with E-state index in [1.165, 1.54) is 0 Å². The predicted octanol–water partition coefficient (Wildman–Crippen LogP) is 0.758. The van der Waals surface area contributed by atoms with Gasteiger partial charge in [0.25, 0.3) is 5.91 Å². The molecule has 178 valence electrons. The number of hydrogen-bond acceptors (Lipinski definition) is 5. The van der Waals surface area contributed by atoms with Gasteiger partial charge < -0.3 is 0 Å². The number of hydrogen-bond donors (Lipinski definition) is 2. The normalized spacial score (nSPS) is 11.1. The van der Waals surface area contributed by atoms with Crippen LogP contribution in [0, 0.1) is 10.2 Å². The van der Waals surface area contributed by atoms with Crippen molar-refractivity contribution in [2.24, 2.45) is 0 Å². The highest BCUT2D eigenvalue weighted by molar-refractivity contribution is 7.98. The lowest BCUT2D eigenvalue weighted by Gasteiger charge is -2.28. The van der Waals surface area contributed by atoms with E-state index in [9.17, 15) is 4.79 Å². The molecule has 0 aromatic heterocycles. The lowest BCUT2D eigenvalue weighted by molar-refractivity contribution is -1.92. The summed E-state index contributed by atoms with van der Waals surface area (Å²) in [6.45, 7) is 4.44. The SMILES string of the molecule is C=C(NC(=O)c1ccccc1)[P+](c1ccccc1)(c1ccccc1)c1ccccc1.[O-][Cl+3]([O-])([O-])O. The number of nitrogens with one attached hydrogen (secondary N) is 1. The zero-order valence-corrected chi connectivity index (χ0v) is 20.3. The van der Waals surface area contributed by atoms with Crippen LogP contribution in [-0.2, 0) is 0 Å². The number of halogens is 1. The molecule has 0 bridgehead atoms. The van der Waals surface area contributed by atoms with Gasteiger partial charge in [-0.05, 0) is 55.1 Å². The average Bonchev–Trinajstić information content (AvgIpc) is 2.86. The molecule has 0 fully saturated rings. The second-order valence-corrected chi connectivity index (χ2v) is 11.6. The van der Waals surface area contributed by atoms with E-state index in [4.69, 9.17) is 18.6 Å². The Morgan fingerprint density at radius 1 is 0.657 bits per heavy atom. The number of rotatable bonds is 6. The summed E-state index contributed by atoms with van der Waals surface area (Å²) >= 11 is 0. The first-order chi connectivity index (χ1) is 16.7. The molecule has 0 saturated heterocycles. The number of carbonyl (C=O) groups excluding carboxylic acids is 1. The van der Waals surface area contributed by atoms with Crippen molar-refractivity contribution in [1.82, 2.24) is 5.32 Å². The van der Waals surface area contributed by atoms with Gasteiger partial charge in [-0.2, -0.15) is 14.0 Å². The van der Waals surface area contributed by atoms with Crippen LogP contribution in [-0.4, -0.2) is 10.6 Å². The molecular formula is C27H24ClNO5P+. The smallest absolute Gasteiger partial charge is 0.258 e. The van der Waals surface area contributed by atoms with Crippen LogP contribution in [0.5, 0.6) is 0 Å². The van der Waals surface area contributed by atoms with Crippen LogP contribution in [0.25, 0.3) is 0 Å². The monoisotopic (exact) mass is 508 g/mol. The quantitative estimate of drug-likeness (QED) is 0.373. The van der Waals surface area contributed by atoms with Gasteiger partial charge in [-0.1, -0.05) is 72.8 Å². The van der Waals surface area contributed by atoms with E-state index in [0.717, 1.165) is 21.4 Å². The van der Waals surface area contributed by atoms with Gasteiger partial charge >= 0.3 is 0 Å². The van der Waals surface area contributed by atoms with Crippen LogP contribution < -0.4 is 35.2 Å². The fourth-order valence-corrected chi connectivity index (χ4v) is 7.70. The maximum Gasteiger partial charge on any atom is 0.258 e. The second kappa shape index (κ2) is 11.9. The van der Waals surface area contributed by atoms with Crippen molar-refractivity contribution in [2.45, 2.75) is 0 Å². The van der Waals surface area contributed by atoms with E-state index < -0.39 is 17.5 Å². The van der Waals surface area contributed by atoms with Gasteiger partial charge in [-0.25, -0.2) is 0 Å². The Morgan fingerprint density at radius 3 is 1.26 bits per heavy atom. The number of amides is 1. The van der Waals surface area contributed by atoms with E-state index in [0.29, 0.717) is 5.56 Å². The zero-order chi connectivity index (χ0) is 25.3. The first kappa shape index (κ1) is 26.3. The molecule has 35 heavy (non-hydrogen) atoms. The largest absolute Gasteiger partial charge is 0.292 e. The van der Waals surface area contributed by atoms with Crippen molar-refractivity contribution < 1.29 is 33.7 Å². The molecule has 0 heterocycles. The van der Waals surface area contributed by atoms with E-state index in [2.05, 4.69) is 48.3 Å². The number of carbonyl (C=O) groups is 1. The predicted molar refractivity (Wildman–Crippen MR) is 130 cm³/mol. The lowest BCUT2D eigenvalue weighted by atomic mass is 10.2. The third kappa shape index (κ3) is 6.84. The molecule has 4 aromatic carbocycles. The average molecular weight is 509 g/mol. The highest BCUT2D eigenvalue weighted by atomic mass is 35.7. The summed E-state index contributed by atoms with van der Waals surface area (Å²) in [6, 6.07) is 40.4. The molecule has 0 aliphatic heterocycles. The van der Waals surface area contributed by atoms with Crippen molar-refractivity contribution in [3.8, 4) is 0 Å². The highest BCUT2D eigenvalue weighted by Gasteiger charge is 2.49. The van der Waals surface area contributed by atoms with Gasteiger partial charge in [0.05, 0.1) is 14.9 Å². The van der Waals surface area contributed by atoms with Gasteiger partial charge in [-0.15, -0.1) is 0 Å². The minimum atomic E-state index is -4.69. The van der Waals surface area contributed by atoms with Crippen molar-refractivity contribution in [2.75, 3.05) is 0 Å². The molecule has 4 rings (SSSR count). The fraction of sp³-hybridized carbons (Fsp3) is 0. The Bertz CT molecular complexity index is 1130. The maximum atomic E-state index is 13.0. The first-order valence-corrected chi connectivity index (χ1v) is 13.5. The van der Waals surface area contributed by atoms with Crippen LogP contribution in [0.2, 0.25) is 0 Å². The maximum absolute atomic E-state index is 13.0. The molecular weight excluding hydrogens is 485 g/mol. The molecule has 6 nitrogen and oxygen atoms in total. The summed E-state index contributed by atoms with van der Waals surface area (Å²) in [5, 5.41) is 6.61. The lowest BCUT2D eigenvalue weighted by Crippen LogP contribution is -2.58. The molecule has 0 spiro atoms. The third-order valence-electron chi connectivity index (χ3n) is 5.13. The molecule has 0 aliphatic rings.